The Hall–Kier alpha value is -3.36. The van der Waals surface area contributed by atoms with E-state index in [2.05, 4.69) is 15.6 Å². The van der Waals surface area contributed by atoms with Crippen LogP contribution in [0.2, 0.25) is 0 Å². The Morgan fingerprint density at radius 2 is 2.06 bits per heavy atom. The number of alkyl halides is 4. The van der Waals surface area contributed by atoms with Gasteiger partial charge in [-0.2, -0.15) is 13.2 Å². The van der Waals surface area contributed by atoms with E-state index in [1.807, 2.05) is 35.7 Å². The molecule has 2 heterocycles. The number of aryl methyl sites for hydroxylation is 1. The van der Waals surface area contributed by atoms with E-state index < -0.39 is 24.8 Å². The molecule has 0 bridgehead atoms. The summed E-state index contributed by atoms with van der Waals surface area (Å²) in [6.07, 6.45) is 1.38. The van der Waals surface area contributed by atoms with Crippen LogP contribution in [-0.4, -0.2) is 40.2 Å². The molecule has 1 aliphatic carbocycles. The van der Waals surface area contributed by atoms with Crippen LogP contribution in [0.5, 0.6) is 0 Å². The van der Waals surface area contributed by atoms with Crippen molar-refractivity contribution in [2.75, 3.05) is 11.9 Å². The Bertz CT molecular complexity index is 1220. The van der Waals surface area contributed by atoms with E-state index in [0.29, 0.717) is 23.3 Å². The number of nitrogens with one attached hydrogen (secondary N) is 2. The molecule has 0 spiro atoms. The monoisotopic (exact) mass is 460 g/mol. The third kappa shape index (κ3) is 5.18. The lowest BCUT2D eigenvalue weighted by Gasteiger charge is -2.13. The van der Waals surface area contributed by atoms with Crippen molar-refractivity contribution in [3.05, 3.63) is 59.4 Å². The van der Waals surface area contributed by atoms with Crippen molar-refractivity contribution in [1.82, 2.24) is 14.7 Å². The predicted octanol–water partition coefficient (Wildman–Crippen LogP) is 5.55. The summed E-state index contributed by atoms with van der Waals surface area (Å²) < 4.78 is 52.7. The number of imidazole rings is 1. The maximum Gasteiger partial charge on any atom is 0.390 e. The summed E-state index contributed by atoms with van der Waals surface area (Å²) in [7, 11) is 0. The van der Waals surface area contributed by atoms with Crippen LogP contribution in [-0.2, 0) is 0 Å². The minimum atomic E-state index is -4.25. The smallest absolute Gasteiger partial charge is 0.382 e. The van der Waals surface area contributed by atoms with Gasteiger partial charge >= 0.3 is 6.18 Å². The number of allylic oxidation sites excluding steroid dienone is 1. The second kappa shape index (κ2) is 8.88. The van der Waals surface area contributed by atoms with E-state index in [9.17, 15) is 22.4 Å². The van der Waals surface area contributed by atoms with Crippen LogP contribution in [0.4, 0.5) is 23.2 Å². The molecule has 0 unspecified atom stereocenters. The summed E-state index contributed by atoms with van der Waals surface area (Å²) in [5.41, 5.74) is 4.53. The van der Waals surface area contributed by atoms with Crippen LogP contribution < -0.4 is 10.6 Å². The predicted molar refractivity (Wildman–Crippen MR) is 120 cm³/mol. The maximum absolute atomic E-state index is 13.1. The normalized spacial score (nSPS) is 18.1. The minimum Gasteiger partial charge on any atom is -0.382 e. The standard InChI is InChI=1S/C24H24F4N4O/c1-3-4-15-10-20(29-8-7-24(26,27)28)22-30-12-21(32(22)13-15)16-5-6-17(14(2)9-16)23(33)31-19-11-18(19)25/h3-6,9-10,12-13,18-19,29H,7-8,11H2,1-2H3,(H,31,33)/b4-3+/t18-,19-/m0/s1. The quantitative estimate of drug-likeness (QED) is 0.455. The lowest BCUT2D eigenvalue weighted by molar-refractivity contribution is -0.131. The molecule has 0 aliphatic heterocycles. The fraction of sp³-hybridized carbons (Fsp3) is 0.333. The van der Waals surface area contributed by atoms with Gasteiger partial charge in [-0.05, 0) is 43.2 Å². The third-order valence-electron chi connectivity index (χ3n) is 5.51. The first-order valence-corrected chi connectivity index (χ1v) is 10.7. The summed E-state index contributed by atoms with van der Waals surface area (Å²) >= 11 is 0. The third-order valence-corrected chi connectivity index (χ3v) is 5.51. The minimum absolute atomic E-state index is 0.260. The molecule has 5 nitrogen and oxygen atoms in total. The molecule has 3 aromatic rings. The van der Waals surface area contributed by atoms with Gasteiger partial charge in [0.2, 0.25) is 0 Å². The molecule has 0 radical (unpaired) electrons. The highest BCUT2D eigenvalue weighted by Crippen LogP contribution is 2.29. The first-order chi connectivity index (χ1) is 15.7. The molecular formula is C24H24F4N4O. The molecule has 1 amide bonds. The number of hydrogen-bond acceptors (Lipinski definition) is 3. The number of fused-ring (bicyclic) bond motifs is 1. The Morgan fingerprint density at radius 1 is 1.30 bits per heavy atom. The summed E-state index contributed by atoms with van der Waals surface area (Å²) in [6, 6.07) is 6.66. The number of amides is 1. The Balaban J connectivity index is 1.66. The van der Waals surface area contributed by atoms with Crippen molar-refractivity contribution in [3.8, 4) is 11.3 Å². The van der Waals surface area contributed by atoms with Gasteiger partial charge in [-0.25, -0.2) is 9.37 Å². The lowest BCUT2D eigenvalue weighted by atomic mass is 10.0. The Morgan fingerprint density at radius 3 is 2.70 bits per heavy atom. The molecular weight excluding hydrogens is 436 g/mol. The highest BCUT2D eigenvalue weighted by molar-refractivity contribution is 5.96. The lowest BCUT2D eigenvalue weighted by Crippen LogP contribution is -2.27. The first-order valence-electron chi connectivity index (χ1n) is 10.7. The van der Waals surface area contributed by atoms with Crippen molar-refractivity contribution in [2.24, 2.45) is 0 Å². The number of benzene rings is 1. The van der Waals surface area contributed by atoms with Crippen LogP contribution >= 0.6 is 0 Å². The van der Waals surface area contributed by atoms with Gasteiger partial charge in [0.25, 0.3) is 5.91 Å². The zero-order chi connectivity index (χ0) is 23.8. The van der Waals surface area contributed by atoms with Crippen LogP contribution in [0.3, 0.4) is 0 Å². The number of aromatic nitrogens is 2. The van der Waals surface area contributed by atoms with Crippen molar-refractivity contribution < 1.29 is 22.4 Å². The molecule has 1 aliphatic rings. The number of carbonyl (C=O) groups excluding carboxylic acids is 1. The van der Waals surface area contributed by atoms with Crippen molar-refractivity contribution in [3.63, 3.8) is 0 Å². The van der Waals surface area contributed by atoms with Gasteiger partial charge in [-0.1, -0.05) is 18.2 Å². The highest BCUT2D eigenvalue weighted by Gasteiger charge is 2.38. The van der Waals surface area contributed by atoms with Gasteiger partial charge in [0.1, 0.15) is 6.17 Å². The molecule has 2 atom stereocenters. The summed E-state index contributed by atoms with van der Waals surface area (Å²) in [5.74, 6) is -0.311. The number of nitrogens with zero attached hydrogens (tertiary/aromatic N) is 2. The molecule has 4 rings (SSSR count). The molecule has 174 valence electrons. The second-order valence-electron chi connectivity index (χ2n) is 8.18. The van der Waals surface area contributed by atoms with Crippen LogP contribution in [0, 0.1) is 6.92 Å². The van der Waals surface area contributed by atoms with Crippen LogP contribution in [0.25, 0.3) is 23.0 Å². The SMILES string of the molecule is C/C=C/c1cc(NCCC(F)(F)F)c2ncc(-c3ccc(C(=O)N[C@H]4C[C@@H]4F)c(C)c3)n2c1. The number of pyridine rings is 1. The fourth-order valence-corrected chi connectivity index (χ4v) is 3.71. The Kier molecular flexibility index (Phi) is 6.14. The van der Waals surface area contributed by atoms with E-state index in [1.165, 1.54) is 0 Å². The summed E-state index contributed by atoms with van der Waals surface area (Å²) in [4.78, 5) is 16.8. The van der Waals surface area contributed by atoms with Crippen LogP contribution in [0.15, 0.2) is 42.7 Å². The molecule has 0 saturated heterocycles. The highest BCUT2D eigenvalue weighted by atomic mass is 19.4. The molecule has 1 fully saturated rings. The number of carbonyl (C=O) groups is 1. The Labute approximate surface area is 188 Å². The fourth-order valence-electron chi connectivity index (χ4n) is 3.71. The molecule has 2 N–H and O–H groups in total. The van der Waals surface area contributed by atoms with E-state index >= 15 is 0 Å². The van der Waals surface area contributed by atoms with Crippen molar-refractivity contribution >= 4 is 23.3 Å². The van der Waals surface area contributed by atoms with Gasteiger partial charge in [0.15, 0.2) is 5.65 Å². The number of anilines is 1. The van der Waals surface area contributed by atoms with Crippen molar-refractivity contribution in [1.29, 1.82) is 0 Å². The van der Waals surface area contributed by atoms with Gasteiger partial charge in [0, 0.05) is 30.3 Å². The number of halogens is 4. The maximum atomic E-state index is 13.1. The zero-order valence-electron chi connectivity index (χ0n) is 18.2. The molecule has 9 heteroatoms. The molecule has 1 aromatic carbocycles. The topological polar surface area (TPSA) is 58.4 Å². The second-order valence-corrected chi connectivity index (χ2v) is 8.18. The van der Waals surface area contributed by atoms with E-state index in [4.69, 9.17) is 0 Å². The number of rotatable bonds is 7. The van der Waals surface area contributed by atoms with Gasteiger partial charge in [0.05, 0.1) is 30.0 Å². The average Bonchev–Trinajstić information content (AvgIpc) is 3.25. The van der Waals surface area contributed by atoms with Crippen LogP contribution in [0.1, 0.15) is 41.3 Å². The first kappa shape index (κ1) is 22.8. The van der Waals surface area contributed by atoms with Gasteiger partial charge < -0.3 is 10.6 Å². The summed E-state index contributed by atoms with van der Waals surface area (Å²) in [5, 5.41) is 5.53. The van der Waals surface area contributed by atoms with Gasteiger partial charge in [-0.3, -0.25) is 9.20 Å². The zero-order valence-corrected chi connectivity index (χ0v) is 18.2. The van der Waals surface area contributed by atoms with Gasteiger partial charge in [-0.15, -0.1) is 0 Å². The van der Waals surface area contributed by atoms with E-state index in [0.717, 1.165) is 22.4 Å². The summed E-state index contributed by atoms with van der Waals surface area (Å²) in [6.45, 7) is 3.40. The van der Waals surface area contributed by atoms with E-state index in [-0.39, 0.29) is 12.5 Å². The average molecular weight is 460 g/mol. The molecule has 33 heavy (non-hydrogen) atoms. The van der Waals surface area contributed by atoms with E-state index in [1.54, 1.807) is 31.3 Å². The van der Waals surface area contributed by atoms with Crippen molar-refractivity contribution in [2.45, 2.75) is 45.1 Å². The molecule has 1 saturated carbocycles. The largest absolute Gasteiger partial charge is 0.390 e. The number of hydrogen-bond donors (Lipinski definition) is 2. The molecule has 2 aromatic heterocycles.